The molecule has 0 aliphatic carbocycles. The molecule has 2 aliphatic heterocycles. The van der Waals surface area contributed by atoms with Crippen molar-refractivity contribution in [3.63, 3.8) is 0 Å². The van der Waals surface area contributed by atoms with Gasteiger partial charge in [-0.1, -0.05) is 5.16 Å². The van der Waals surface area contributed by atoms with Crippen LogP contribution in [0.15, 0.2) is 16.4 Å². The van der Waals surface area contributed by atoms with Crippen LogP contribution in [0, 0.1) is 0 Å². The first kappa shape index (κ1) is 22.6. The number of carboxylic acid groups (broad SMARTS) is 1. The molecule has 2 aliphatic rings. The van der Waals surface area contributed by atoms with Crippen LogP contribution in [0.4, 0.5) is 5.13 Å². The number of nitrogens with two attached hydrogens (primary N) is 1. The summed E-state index contributed by atoms with van der Waals surface area (Å²) in [6.45, 7) is -0.509. The number of aliphatic carboxylic acids is 1. The van der Waals surface area contributed by atoms with Crippen LogP contribution in [0.1, 0.15) is 5.82 Å². The van der Waals surface area contributed by atoms with E-state index < -0.39 is 35.8 Å². The number of rotatable bonds is 6. The van der Waals surface area contributed by atoms with Crippen LogP contribution in [0.3, 0.4) is 0 Å². The molecule has 1 aromatic heterocycles. The van der Waals surface area contributed by atoms with Gasteiger partial charge in [0, 0.05) is 17.3 Å². The van der Waals surface area contributed by atoms with E-state index >= 15 is 0 Å². The second-order valence-electron chi connectivity index (χ2n) is 5.34. The van der Waals surface area contributed by atoms with Crippen molar-refractivity contribution < 1.29 is 59.0 Å². The van der Waals surface area contributed by atoms with E-state index in [4.69, 9.17) is 5.73 Å². The Labute approximate surface area is 188 Å². The Bertz CT molecular complexity index is 873. The van der Waals surface area contributed by atoms with Gasteiger partial charge in [-0.2, -0.15) is 9.36 Å². The number of hydrogen-bond acceptors (Lipinski definition) is 12. The molecule has 15 heteroatoms. The molecule has 4 N–H and O–H groups in total. The number of β-lactam (4-membered cyclic amide) rings is 1. The first-order valence-electron chi connectivity index (χ1n) is 7.39. The molecule has 3 rings (SSSR count). The van der Waals surface area contributed by atoms with Crippen molar-refractivity contribution in [2.24, 2.45) is 5.16 Å². The predicted octanol–water partition coefficient (Wildman–Crippen LogP) is -6.13. The smallest absolute Gasteiger partial charge is 0.543 e. The number of oxime groups is 1. The number of nitrogens with one attached hydrogen (secondary N) is 1. The van der Waals surface area contributed by atoms with Crippen LogP contribution >= 0.6 is 23.3 Å². The number of hydrogen-bond donors (Lipinski definition) is 3. The summed E-state index contributed by atoms with van der Waals surface area (Å²) >= 11 is 2.07. The predicted molar refractivity (Wildman–Crippen MR) is 92.0 cm³/mol. The first-order chi connectivity index (χ1) is 12.9. The molecule has 28 heavy (non-hydrogen) atoms. The zero-order valence-electron chi connectivity index (χ0n) is 14.7. The van der Waals surface area contributed by atoms with E-state index in [0.717, 1.165) is 16.4 Å². The number of fused-ring (bicyclic) bond motifs is 1. The van der Waals surface area contributed by atoms with Gasteiger partial charge in [0.1, 0.15) is 18.5 Å². The summed E-state index contributed by atoms with van der Waals surface area (Å²) in [6.07, 6.45) is 0. The first-order valence-corrected chi connectivity index (χ1v) is 9.21. The fraction of sp³-hybridized carbons (Fsp3) is 0.385. The Kier molecular flexibility index (Phi) is 7.41. The zero-order valence-corrected chi connectivity index (χ0v) is 18.4. The molecule has 2 amide bonds. The summed E-state index contributed by atoms with van der Waals surface area (Å²) in [4.78, 5) is 45.7. The molecule has 0 spiro atoms. The summed E-state index contributed by atoms with van der Waals surface area (Å²) in [6, 6.07) is -0.991. The number of nitrogen functional groups attached to an aromatic ring is 1. The Morgan fingerprint density at radius 3 is 2.79 bits per heavy atom. The van der Waals surface area contributed by atoms with Gasteiger partial charge in [-0.3, -0.25) is 14.5 Å². The number of aliphatic hydroxyl groups is 1. The molecule has 1 fully saturated rings. The molecule has 2 atom stereocenters. The minimum Gasteiger partial charge on any atom is -0.543 e. The molecule has 1 saturated heterocycles. The average Bonchev–Trinajstić information content (AvgIpc) is 3.08. The van der Waals surface area contributed by atoms with Gasteiger partial charge in [0.2, 0.25) is 11.5 Å². The SMILES string of the molecule is CO/N=C(\C(=O)N[C@@H]1C(=O)N2C(C(=O)[O-])=C(CO)CS[C@@H]12)c1nsc(N)n1.[Na+]. The van der Waals surface area contributed by atoms with Crippen LogP contribution < -0.4 is 45.7 Å². The number of aromatic nitrogens is 2. The van der Waals surface area contributed by atoms with E-state index in [0.29, 0.717) is 0 Å². The second-order valence-corrected chi connectivity index (χ2v) is 7.23. The fourth-order valence-electron chi connectivity index (χ4n) is 2.61. The van der Waals surface area contributed by atoms with Gasteiger partial charge in [0.15, 0.2) is 5.13 Å². The van der Waals surface area contributed by atoms with Gasteiger partial charge < -0.3 is 30.9 Å². The number of amides is 2. The Hall–Kier alpha value is -1.71. The molecule has 0 saturated carbocycles. The second kappa shape index (κ2) is 9.19. The number of aliphatic hydroxyl groups excluding tert-OH is 1. The third-order valence-electron chi connectivity index (χ3n) is 3.77. The monoisotopic (exact) mass is 436 g/mol. The molecule has 1 aromatic rings. The summed E-state index contributed by atoms with van der Waals surface area (Å²) < 4.78 is 3.88. The summed E-state index contributed by atoms with van der Waals surface area (Å²) in [7, 11) is 1.23. The maximum Gasteiger partial charge on any atom is 1.00 e. The third kappa shape index (κ3) is 4.01. The number of thioether (sulfide) groups is 1. The van der Waals surface area contributed by atoms with Crippen molar-refractivity contribution in [2.45, 2.75) is 11.4 Å². The van der Waals surface area contributed by atoms with Crippen molar-refractivity contribution in [2.75, 3.05) is 25.2 Å². The largest absolute Gasteiger partial charge is 1.00 e. The van der Waals surface area contributed by atoms with Crippen molar-refractivity contribution in [1.29, 1.82) is 0 Å². The number of anilines is 1. The number of carbonyl (C=O) groups excluding carboxylic acids is 3. The van der Waals surface area contributed by atoms with Gasteiger partial charge >= 0.3 is 29.6 Å². The van der Waals surface area contributed by atoms with E-state index in [-0.39, 0.29) is 63.2 Å². The summed E-state index contributed by atoms with van der Waals surface area (Å²) in [5.41, 5.74) is 5.04. The summed E-state index contributed by atoms with van der Waals surface area (Å²) in [5, 5.41) is 26.1. The molecule has 3 heterocycles. The zero-order chi connectivity index (χ0) is 19.7. The Morgan fingerprint density at radius 2 is 2.25 bits per heavy atom. The van der Waals surface area contributed by atoms with E-state index in [1.54, 1.807) is 0 Å². The van der Waals surface area contributed by atoms with Gasteiger partial charge in [-0.05, 0) is 5.57 Å². The van der Waals surface area contributed by atoms with Crippen molar-refractivity contribution in [3.8, 4) is 0 Å². The molecule has 0 radical (unpaired) electrons. The average molecular weight is 436 g/mol. The molecule has 144 valence electrons. The number of nitrogens with zero attached hydrogens (tertiary/aromatic N) is 4. The number of carbonyl (C=O) groups is 3. The van der Waals surface area contributed by atoms with Gasteiger partial charge in [-0.25, -0.2) is 0 Å². The maximum atomic E-state index is 12.5. The topological polar surface area (TPSA) is 183 Å². The minimum absolute atomic E-state index is 0. The third-order valence-corrected chi connectivity index (χ3v) is 5.65. The van der Waals surface area contributed by atoms with Crippen LogP contribution in [0.5, 0.6) is 0 Å². The van der Waals surface area contributed by atoms with Crippen LogP contribution in [0.2, 0.25) is 0 Å². The number of carboxylic acids is 1. The van der Waals surface area contributed by atoms with E-state index in [1.165, 1.54) is 18.9 Å². The van der Waals surface area contributed by atoms with E-state index in [2.05, 4.69) is 24.7 Å². The van der Waals surface area contributed by atoms with E-state index in [9.17, 15) is 24.6 Å². The molecule has 0 aromatic carbocycles. The van der Waals surface area contributed by atoms with Gasteiger partial charge in [0.05, 0.1) is 18.3 Å². The van der Waals surface area contributed by atoms with Crippen molar-refractivity contribution >= 4 is 51.9 Å². The molecule has 12 nitrogen and oxygen atoms in total. The quantitative estimate of drug-likeness (QED) is 0.168. The van der Waals surface area contributed by atoms with Crippen LogP contribution in [-0.4, -0.2) is 73.7 Å². The van der Waals surface area contributed by atoms with Crippen LogP contribution in [-0.2, 0) is 19.2 Å². The molecule has 0 unspecified atom stereocenters. The van der Waals surface area contributed by atoms with Gasteiger partial charge in [-0.15, -0.1) is 11.8 Å². The minimum atomic E-state index is -1.56. The summed E-state index contributed by atoms with van der Waals surface area (Å²) in [5.74, 6) is -2.86. The Balaban J connectivity index is 0.00000280. The fourth-order valence-corrected chi connectivity index (χ4v) is 4.38. The van der Waals surface area contributed by atoms with E-state index in [1.807, 2.05) is 0 Å². The normalized spacial score (nSPS) is 21.4. The molecular weight excluding hydrogens is 423 g/mol. The standard InChI is InChI=1S/C13H14N6O6S2.Na/c1-25-17-5(8-16-13(14)27-18-8)9(21)15-6-10(22)19-7(12(23)24)4(2-20)3-26-11(6)19;/h6,11,20H,2-3H2,1H3,(H,15,21)(H,23,24)(H2,14,16,18);/q;+1/p-1/b17-5-;/t6-,11+;/m1./s1. The van der Waals surface area contributed by atoms with Gasteiger partial charge in [0.25, 0.3) is 11.8 Å². The van der Waals surface area contributed by atoms with Crippen molar-refractivity contribution in [3.05, 3.63) is 17.1 Å². The van der Waals surface area contributed by atoms with Crippen LogP contribution in [0.25, 0.3) is 0 Å². The Morgan fingerprint density at radius 1 is 1.54 bits per heavy atom. The molecule has 0 bridgehead atoms. The molecular formula is C13H13N6NaO6S2. The van der Waals surface area contributed by atoms with Crippen molar-refractivity contribution in [1.82, 2.24) is 19.6 Å². The maximum absolute atomic E-state index is 12.5.